The number of rotatable bonds is 6. The molecule has 0 aliphatic heterocycles. The van der Waals surface area contributed by atoms with Gasteiger partial charge >= 0.3 is 5.97 Å². The number of hydrogen-bond donors (Lipinski definition) is 0. The smallest absolute Gasteiger partial charge is 0.370 e. The maximum Gasteiger partial charge on any atom is 0.370 e. The van der Waals surface area contributed by atoms with Gasteiger partial charge in [0.05, 0.1) is 7.11 Å². The van der Waals surface area contributed by atoms with Crippen LogP contribution >= 0.6 is 0 Å². The van der Waals surface area contributed by atoms with Crippen molar-refractivity contribution in [3.63, 3.8) is 0 Å². The number of carbonyl (C=O) groups excluding carboxylic acids is 1. The second-order valence-electron chi connectivity index (χ2n) is 6.27. The molecule has 0 amide bonds. The normalized spacial score (nSPS) is 11.6. The molecule has 0 saturated carbocycles. The third-order valence-electron chi connectivity index (χ3n) is 4.40. The number of para-hydroxylation sites is 1. The minimum absolute atomic E-state index is 0.527. The summed E-state index contributed by atoms with van der Waals surface area (Å²) >= 11 is 0. The van der Waals surface area contributed by atoms with Crippen molar-refractivity contribution in [3.8, 4) is 28.3 Å². The summed E-state index contributed by atoms with van der Waals surface area (Å²) in [6.07, 6.45) is -1.12. The van der Waals surface area contributed by atoms with Crippen molar-refractivity contribution in [2.75, 3.05) is 7.11 Å². The molecular formula is C23H19N3O3. The van der Waals surface area contributed by atoms with E-state index in [9.17, 15) is 4.79 Å². The average molecular weight is 385 g/mol. The molecule has 0 radical (unpaired) electrons. The van der Waals surface area contributed by atoms with E-state index < -0.39 is 12.2 Å². The highest BCUT2D eigenvalue weighted by Crippen LogP contribution is 2.33. The van der Waals surface area contributed by atoms with Gasteiger partial charge in [-0.2, -0.15) is 4.68 Å². The Bertz CT molecular complexity index is 1080. The van der Waals surface area contributed by atoms with Crippen LogP contribution in [0.3, 0.4) is 0 Å². The fourth-order valence-corrected chi connectivity index (χ4v) is 3.04. The number of benzene rings is 3. The third kappa shape index (κ3) is 3.87. The Morgan fingerprint density at radius 3 is 1.97 bits per heavy atom. The quantitative estimate of drug-likeness (QED) is 0.461. The second kappa shape index (κ2) is 8.39. The van der Waals surface area contributed by atoms with Gasteiger partial charge in [-0.15, -0.1) is 5.10 Å². The first-order valence-corrected chi connectivity index (χ1v) is 9.13. The molecule has 0 aliphatic carbocycles. The first-order chi connectivity index (χ1) is 14.3. The lowest BCUT2D eigenvalue weighted by Gasteiger charge is -2.19. The van der Waals surface area contributed by atoms with E-state index in [0.29, 0.717) is 17.1 Å². The molecule has 1 unspecified atom stereocenters. The molecule has 1 aromatic heterocycles. The fourth-order valence-electron chi connectivity index (χ4n) is 3.04. The van der Waals surface area contributed by atoms with E-state index in [4.69, 9.17) is 9.47 Å². The van der Waals surface area contributed by atoms with Crippen LogP contribution in [-0.4, -0.2) is 28.1 Å². The number of aromatic nitrogens is 3. The van der Waals surface area contributed by atoms with Gasteiger partial charge in [0.15, 0.2) is 0 Å². The minimum atomic E-state index is -1.12. The van der Waals surface area contributed by atoms with Gasteiger partial charge in [0.1, 0.15) is 17.1 Å². The van der Waals surface area contributed by atoms with Gasteiger partial charge in [0.25, 0.3) is 6.23 Å². The van der Waals surface area contributed by atoms with E-state index in [-0.39, 0.29) is 0 Å². The number of carbonyl (C=O) groups is 1. The highest BCUT2D eigenvalue weighted by molar-refractivity contribution is 5.80. The molecule has 0 fully saturated rings. The Labute approximate surface area is 168 Å². The molecule has 0 saturated heterocycles. The van der Waals surface area contributed by atoms with Crippen LogP contribution < -0.4 is 4.74 Å². The molecule has 0 spiro atoms. The van der Waals surface area contributed by atoms with Crippen molar-refractivity contribution in [1.29, 1.82) is 0 Å². The fraction of sp³-hybridized carbons (Fsp3) is 0.0870. The van der Waals surface area contributed by atoms with E-state index in [0.717, 1.165) is 11.1 Å². The number of ether oxygens (including phenoxy) is 2. The van der Waals surface area contributed by atoms with E-state index in [1.165, 1.54) is 11.8 Å². The predicted octanol–water partition coefficient (Wildman–Crippen LogP) is 4.36. The Balaban J connectivity index is 1.87. The monoisotopic (exact) mass is 385 g/mol. The number of nitrogens with zero attached hydrogens (tertiary/aromatic N) is 3. The molecule has 0 N–H and O–H groups in total. The van der Waals surface area contributed by atoms with E-state index in [2.05, 4.69) is 10.3 Å². The summed E-state index contributed by atoms with van der Waals surface area (Å²) in [4.78, 5) is 12.6. The van der Waals surface area contributed by atoms with Crippen molar-refractivity contribution in [2.24, 2.45) is 0 Å². The van der Waals surface area contributed by atoms with Crippen LogP contribution in [0.5, 0.6) is 5.75 Å². The van der Waals surface area contributed by atoms with Crippen molar-refractivity contribution in [1.82, 2.24) is 15.0 Å². The molecular weight excluding hydrogens is 366 g/mol. The van der Waals surface area contributed by atoms with Gasteiger partial charge in [-0.25, -0.2) is 4.79 Å². The van der Waals surface area contributed by atoms with Gasteiger partial charge in [-0.3, -0.25) is 0 Å². The molecule has 29 heavy (non-hydrogen) atoms. The van der Waals surface area contributed by atoms with Gasteiger partial charge in [0.2, 0.25) is 0 Å². The van der Waals surface area contributed by atoms with Crippen LogP contribution in [0, 0.1) is 0 Å². The van der Waals surface area contributed by atoms with Crippen LogP contribution in [0.15, 0.2) is 91.0 Å². The van der Waals surface area contributed by atoms with Crippen LogP contribution in [0.2, 0.25) is 0 Å². The molecule has 6 nitrogen and oxygen atoms in total. The van der Waals surface area contributed by atoms with Crippen LogP contribution in [0.25, 0.3) is 22.5 Å². The van der Waals surface area contributed by atoms with Crippen molar-refractivity contribution in [3.05, 3.63) is 91.0 Å². The molecule has 0 bridgehead atoms. The molecule has 6 heteroatoms. The maximum atomic E-state index is 12.6. The van der Waals surface area contributed by atoms with Gasteiger partial charge in [-0.05, 0) is 12.1 Å². The molecule has 4 aromatic rings. The summed E-state index contributed by atoms with van der Waals surface area (Å²) in [5, 5.41) is 8.64. The van der Waals surface area contributed by atoms with E-state index >= 15 is 0 Å². The lowest BCUT2D eigenvalue weighted by Crippen LogP contribution is -2.28. The molecule has 1 heterocycles. The predicted molar refractivity (Wildman–Crippen MR) is 109 cm³/mol. The van der Waals surface area contributed by atoms with Crippen molar-refractivity contribution in [2.45, 2.75) is 6.23 Å². The number of esters is 1. The van der Waals surface area contributed by atoms with Gasteiger partial charge < -0.3 is 9.47 Å². The van der Waals surface area contributed by atoms with Gasteiger partial charge in [-0.1, -0.05) is 84.1 Å². The van der Waals surface area contributed by atoms with Crippen molar-refractivity contribution < 1.29 is 14.3 Å². The average Bonchev–Trinajstić information content (AvgIpc) is 3.23. The first kappa shape index (κ1) is 18.4. The van der Waals surface area contributed by atoms with Crippen LogP contribution in [-0.2, 0) is 9.53 Å². The summed E-state index contributed by atoms with van der Waals surface area (Å²) in [6.45, 7) is 0. The first-order valence-electron chi connectivity index (χ1n) is 9.13. The number of methoxy groups -OCH3 is 1. The van der Waals surface area contributed by atoms with E-state index in [1.54, 1.807) is 12.1 Å². The second-order valence-corrected chi connectivity index (χ2v) is 6.27. The zero-order valence-corrected chi connectivity index (χ0v) is 15.8. The standard InChI is InChI=1S/C23H19N3O3/c1-28-23(27)22(29-19-15-9-4-10-16-19)26-21(18-13-7-3-8-14-18)20(24-25-26)17-11-5-2-6-12-17/h2-16,22H,1H3. The lowest BCUT2D eigenvalue weighted by atomic mass is 10.0. The largest absolute Gasteiger partial charge is 0.465 e. The molecule has 3 aromatic carbocycles. The topological polar surface area (TPSA) is 66.2 Å². The maximum absolute atomic E-state index is 12.6. The Hall–Kier alpha value is -3.93. The summed E-state index contributed by atoms with van der Waals surface area (Å²) in [5.41, 5.74) is 3.08. The summed E-state index contributed by atoms with van der Waals surface area (Å²) in [7, 11) is 1.32. The number of hydrogen-bond acceptors (Lipinski definition) is 5. The van der Waals surface area contributed by atoms with Gasteiger partial charge in [0, 0.05) is 11.1 Å². The Morgan fingerprint density at radius 1 is 0.828 bits per heavy atom. The zero-order chi connectivity index (χ0) is 20.1. The Kier molecular flexibility index (Phi) is 5.33. The SMILES string of the molecule is COC(=O)C(Oc1ccccc1)n1nnc(-c2ccccc2)c1-c1ccccc1. The van der Waals surface area contributed by atoms with Crippen molar-refractivity contribution >= 4 is 5.97 Å². The molecule has 4 rings (SSSR count). The molecule has 0 aliphatic rings. The summed E-state index contributed by atoms with van der Waals surface area (Å²) < 4.78 is 12.4. The molecule has 144 valence electrons. The lowest BCUT2D eigenvalue weighted by molar-refractivity contribution is -0.154. The zero-order valence-electron chi connectivity index (χ0n) is 15.8. The Morgan fingerprint density at radius 2 is 1.38 bits per heavy atom. The van der Waals surface area contributed by atoms with E-state index in [1.807, 2.05) is 78.9 Å². The van der Waals surface area contributed by atoms with Crippen LogP contribution in [0.4, 0.5) is 0 Å². The summed E-state index contributed by atoms with van der Waals surface area (Å²) in [5.74, 6) is -0.0470. The highest BCUT2D eigenvalue weighted by atomic mass is 16.6. The molecule has 1 atom stereocenters. The van der Waals surface area contributed by atoms with Crippen LogP contribution in [0.1, 0.15) is 6.23 Å². The third-order valence-corrected chi connectivity index (χ3v) is 4.40. The summed E-state index contributed by atoms with van der Waals surface area (Å²) in [6, 6.07) is 28.4. The minimum Gasteiger partial charge on any atom is -0.465 e. The highest BCUT2D eigenvalue weighted by Gasteiger charge is 2.30.